The number of carbonyl (C=O) groups excluding carboxylic acids is 1. The van der Waals surface area contributed by atoms with E-state index in [4.69, 9.17) is 0 Å². The Morgan fingerprint density at radius 1 is 1.50 bits per heavy atom. The number of hydrogen-bond acceptors (Lipinski definition) is 3. The fraction of sp³-hybridized carbons (Fsp3) is 0.545. The molecule has 2 heterocycles. The second-order valence-corrected chi connectivity index (χ2v) is 7.87. The minimum Gasteiger partial charge on any atom is -0.333 e. The van der Waals surface area contributed by atoms with Crippen molar-refractivity contribution < 1.29 is 4.79 Å². The molecular formula is C11H14BrNOS2. The lowest BCUT2D eigenvalue weighted by molar-refractivity contribution is 0.0703. The van der Waals surface area contributed by atoms with Gasteiger partial charge in [-0.3, -0.25) is 4.79 Å². The maximum atomic E-state index is 12.3. The summed E-state index contributed by atoms with van der Waals surface area (Å²) >= 11 is 6.85. The third kappa shape index (κ3) is 2.46. The van der Waals surface area contributed by atoms with Crippen molar-refractivity contribution in [2.75, 3.05) is 12.3 Å². The smallest absolute Gasteiger partial charge is 0.264 e. The third-order valence-electron chi connectivity index (χ3n) is 2.93. The van der Waals surface area contributed by atoms with Crippen LogP contribution in [-0.4, -0.2) is 34.4 Å². The first-order valence-electron chi connectivity index (χ1n) is 5.27. The number of rotatable bonds is 1. The molecule has 0 saturated carbocycles. The summed E-state index contributed by atoms with van der Waals surface area (Å²) < 4.78 is 1.02. The summed E-state index contributed by atoms with van der Waals surface area (Å²) in [4.78, 5) is 15.1. The zero-order valence-electron chi connectivity index (χ0n) is 9.27. The Balaban J connectivity index is 2.15. The zero-order chi connectivity index (χ0) is 11.7. The molecule has 1 fully saturated rings. The molecule has 0 bridgehead atoms. The minimum atomic E-state index is 0.176. The zero-order valence-corrected chi connectivity index (χ0v) is 12.5. The van der Waals surface area contributed by atoms with Gasteiger partial charge in [0.2, 0.25) is 0 Å². The molecule has 1 aliphatic heterocycles. The monoisotopic (exact) mass is 319 g/mol. The molecule has 1 saturated heterocycles. The third-order valence-corrected chi connectivity index (χ3v) is 5.88. The first-order valence-corrected chi connectivity index (χ1v) is 7.93. The molecule has 0 spiro atoms. The molecule has 1 aromatic rings. The van der Waals surface area contributed by atoms with Crippen LogP contribution in [0.25, 0.3) is 0 Å². The van der Waals surface area contributed by atoms with Gasteiger partial charge in [-0.05, 0) is 35.0 Å². The van der Waals surface area contributed by atoms with E-state index in [2.05, 4.69) is 29.8 Å². The van der Waals surface area contributed by atoms with E-state index >= 15 is 0 Å². The highest BCUT2D eigenvalue weighted by atomic mass is 79.9. The topological polar surface area (TPSA) is 20.3 Å². The van der Waals surface area contributed by atoms with Crippen LogP contribution in [0.4, 0.5) is 0 Å². The number of carbonyl (C=O) groups is 1. The standard InChI is InChI=1S/C11H14BrNOS2/c1-7-8(2)15-6-5-13(7)11(14)9-3-4-10(12)16-9/h3-4,7-8H,5-6H2,1-2H3. The molecule has 2 rings (SSSR count). The normalized spacial score (nSPS) is 25.8. The second kappa shape index (κ2) is 5.10. The van der Waals surface area contributed by atoms with Crippen molar-refractivity contribution in [3.63, 3.8) is 0 Å². The van der Waals surface area contributed by atoms with E-state index in [0.717, 1.165) is 21.0 Å². The van der Waals surface area contributed by atoms with Crippen molar-refractivity contribution in [1.29, 1.82) is 0 Å². The lowest BCUT2D eigenvalue weighted by Crippen LogP contribution is -2.47. The summed E-state index contributed by atoms with van der Waals surface area (Å²) in [5.74, 6) is 1.22. The molecule has 16 heavy (non-hydrogen) atoms. The highest BCUT2D eigenvalue weighted by molar-refractivity contribution is 9.11. The first kappa shape index (κ1) is 12.5. The molecule has 5 heteroatoms. The Morgan fingerprint density at radius 2 is 2.25 bits per heavy atom. The van der Waals surface area contributed by atoms with Crippen molar-refractivity contribution in [3.8, 4) is 0 Å². The summed E-state index contributed by atoms with van der Waals surface area (Å²) in [7, 11) is 0. The van der Waals surface area contributed by atoms with Crippen molar-refractivity contribution in [3.05, 3.63) is 20.8 Å². The Hall–Kier alpha value is -0.0000000000000000833. The summed E-state index contributed by atoms with van der Waals surface area (Å²) in [6, 6.07) is 4.16. The fourth-order valence-corrected chi connectivity index (χ4v) is 4.23. The highest BCUT2D eigenvalue weighted by Gasteiger charge is 2.29. The number of amides is 1. The van der Waals surface area contributed by atoms with Crippen LogP contribution in [-0.2, 0) is 0 Å². The van der Waals surface area contributed by atoms with Crippen molar-refractivity contribution in [1.82, 2.24) is 4.90 Å². The lowest BCUT2D eigenvalue weighted by Gasteiger charge is -2.37. The van der Waals surface area contributed by atoms with E-state index < -0.39 is 0 Å². The molecule has 2 atom stereocenters. The Morgan fingerprint density at radius 3 is 2.88 bits per heavy atom. The first-order chi connectivity index (χ1) is 7.59. The van der Waals surface area contributed by atoms with Gasteiger partial charge in [-0.25, -0.2) is 0 Å². The van der Waals surface area contributed by atoms with E-state index in [9.17, 15) is 4.79 Å². The second-order valence-electron chi connectivity index (χ2n) is 3.92. The number of nitrogens with zero attached hydrogens (tertiary/aromatic N) is 1. The molecule has 2 nitrogen and oxygen atoms in total. The molecule has 0 radical (unpaired) electrons. The van der Waals surface area contributed by atoms with Crippen molar-refractivity contribution in [2.45, 2.75) is 25.1 Å². The quantitative estimate of drug-likeness (QED) is 0.790. The van der Waals surface area contributed by atoms with Gasteiger partial charge in [-0.15, -0.1) is 11.3 Å². The maximum absolute atomic E-state index is 12.3. The van der Waals surface area contributed by atoms with Gasteiger partial charge in [0.25, 0.3) is 5.91 Å². The molecule has 2 unspecified atom stereocenters. The summed E-state index contributed by atoms with van der Waals surface area (Å²) in [6.07, 6.45) is 0. The van der Waals surface area contributed by atoms with Gasteiger partial charge >= 0.3 is 0 Å². The van der Waals surface area contributed by atoms with Gasteiger partial charge in [0.15, 0.2) is 0 Å². The van der Waals surface area contributed by atoms with Gasteiger partial charge in [0, 0.05) is 23.6 Å². The van der Waals surface area contributed by atoms with Gasteiger partial charge in [-0.2, -0.15) is 11.8 Å². The van der Waals surface area contributed by atoms with Crippen LogP contribution in [0.1, 0.15) is 23.5 Å². The molecule has 0 aromatic carbocycles. The molecule has 1 aromatic heterocycles. The Kier molecular flexibility index (Phi) is 3.97. The van der Waals surface area contributed by atoms with Gasteiger partial charge in [0.05, 0.1) is 8.66 Å². The number of thiophene rings is 1. The van der Waals surface area contributed by atoms with Gasteiger partial charge in [-0.1, -0.05) is 6.92 Å². The molecule has 0 N–H and O–H groups in total. The highest BCUT2D eigenvalue weighted by Crippen LogP contribution is 2.28. The largest absolute Gasteiger partial charge is 0.333 e. The predicted octanol–water partition coefficient (Wildman–Crippen LogP) is 3.48. The van der Waals surface area contributed by atoms with E-state index in [1.54, 1.807) is 0 Å². The van der Waals surface area contributed by atoms with Gasteiger partial charge in [0.1, 0.15) is 0 Å². The summed E-state index contributed by atoms with van der Waals surface area (Å²) in [5, 5.41) is 0.529. The van der Waals surface area contributed by atoms with Crippen LogP contribution >= 0.6 is 39.0 Å². The minimum absolute atomic E-state index is 0.176. The average molecular weight is 320 g/mol. The number of halogens is 1. The Labute approximate surface area is 113 Å². The molecule has 1 amide bonds. The summed E-state index contributed by atoms with van der Waals surface area (Å²) in [5.41, 5.74) is 0. The molecule has 0 aliphatic carbocycles. The van der Waals surface area contributed by atoms with Crippen LogP contribution in [0, 0.1) is 0 Å². The summed E-state index contributed by atoms with van der Waals surface area (Å²) in [6.45, 7) is 5.20. The molecule has 88 valence electrons. The van der Waals surface area contributed by atoms with E-state index in [0.29, 0.717) is 11.3 Å². The van der Waals surface area contributed by atoms with Crippen LogP contribution in [0.3, 0.4) is 0 Å². The van der Waals surface area contributed by atoms with Crippen LogP contribution in [0.2, 0.25) is 0 Å². The van der Waals surface area contributed by atoms with Crippen molar-refractivity contribution >= 4 is 44.9 Å². The lowest BCUT2D eigenvalue weighted by atomic mass is 10.2. The number of hydrogen-bond donors (Lipinski definition) is 0. The van der Waals surface area contributed by atoms with E-state index in [-0.39, 0.29) is 5.91 Å². The fourth-order valence-electron chi connectivity index (χ4n) is 1.79. The van der Waals surface area contributed by atoms with Gasteiger partial charge < -0.3 is 4.90 Å². The average Bonchev–Trinajstić information content (AvgIpc) is 2.68. The van der Waals surface area contributed by atoms with Crippen molar-refractivity contribution in [2.24, 2.45) is 0 Å². The Bertz CT molecular complexity index is 393. The maximum Gasteiger partial charge on any atom is 0.264 e. The molecular weight excluding hydrogens is 306 g/mol. The predicted molar refractivity (Wildman–Crippen MR) is 74.4 cm³/mol. The molecule has 1 aliphatic rings. The van der Waals surface area contributed by atoms with E-state index in [1.807, 2.05) is 28.8 Å². The van der Waals surface area contributed by atoms with Crippen LogP contribution in [0.5, 0.6) is 0 Å². The van der Waals surface area contributed by atoms with Crippen LogP contribution < -0.4 is 0 Å². The van der Waals surface area contributed by atoms with Crippen LogP contribution in [0.15, 0.2) is 15.9 Å². The van der Waals surface area contributed by atoms with E-state index in [1.165, 1.54) is 11.3 Å². The SMILES string of the molecule is CC1SCCN(C(=O)c2ccc(Br)s2)C1C. The number of thioether (sulfide) groups is 1.